The van der Waals surface area contributed by atoms with Gasteiger partial charge in [0.1, 0.15) is 0 Å². The molecule has 1 amide bonds. The Morgan fingerprint density at radius 3 is 2.50 bits per heavy atom. The van der Waals surface area contributed by atoms with Gasteiger partial charge in [0.05, 0.1) is 5.56 Å². The molecule has 28 heavy (non-hydrogen) atoms. The molecule has 0 bridgehead atoms. The van der Waals surface area contributed by atoms with Crippen molar-refractivity contribution in [3.8, 4) is 0 Å². The molecule has 0 spiro atoms. The Morgan fingerprint density at radius 2 is 1.89 bits per heavy atom. The Hall–Kier alpha value is -2.56. The average molecular weight is 383 g/mol. The van der Waals surface area contributed by atoms with Crippen LogP contribution >= 0.6 is 0 Å². The van der Waals surface area contributed by atoms with E-state index in [9.17, 15) is 9.59 Å². The maximum absolute atomic E-state index is 12.6. The minimum absolute atomic E-state index is 0.241. The van der Waals surface area contributed by atoms with Crippen molar-refractivity contribution in [1.29, 1.82) is 0 Å². The summed E-state index contributed by atoms with van der Waals surface area (Å²) in [7, 11) is 0. The van der Waals surface area contributed by atoms with E-state index in [1.807, 2.05) is 38.1 Å². The normalized spacial score (nSPS) is 15.7. The zero-order valence-electron chi connectivity index (χ0n) is 17.2. The van der Waals surface area contributed by atoms with Crippen LogP contribution in [0.25, 0.3) is 0 Å². The number of nitrogens with one attached hydrogen (secondary N) is 1. The molecule has 150 valence electrons. The Balaban J connectivity index is 1.56. The van der Waals surface area contributed by atoms with Gasteiger partial charge in [-0.15, -0.1) is 0 Å². The van der Waals surface area contributed by atoms with Crippen LogP contribution in [-0.2, 0) is 9.53 Å². The van der Waals surface area contributed by atoms with Gasteiger partial charge >= 0.3 is 5.97 Å². The number of carbonyl (C=O) groups excluding carboxylic acids is 2. The molecule has 1 aromatic heterocycles. The Labute approximate surface area is 167 Å². The van der Waals surface area contributed by atoms with Crippen LogP contribution in [0.3, 0.4) is 0 Å². The molecule has 2 atom stereocenters. The van der Waals surface area contributed by atoms with Gasteiger partial charge in [0.15, 0.2) is 6.10 Å². The predicted molar refractivity (Wildman–Crippen MR) is 110 cm³/mol. The minimum Gasteiger partial charge on any atom is -0.449 e. The first-order valence-corrected chi connectivity index (χ1v) is 10.1. The summed E-state index contributed by atoms with van der Waals surface area (Å²) in [6.07, 6.45) is 2.41. The fraction of sp³-hybridized carbons (Fsp3) is 0.478. The van der Waals surface area contributed by atoms with Crippen molar-refractivity contribution in [2.75, 3.05) is 6.54 Å². The third kappa shape index (κ3) is 4.46. The topological polar surface area (TPSA) is 60.3 Å². The van der Waals surface area contributed by atoms with E-state index in [0.717, 1.165) is 30.7 Å². The highest BCUT2D eigenvalue weighted by molar-refractivity contribution is 5.93. The highest BCUT2D eigenvalue weighted by Crippen LogP contribution is 2.38. The van der Waals surface area contributed by atoms with E-state index in [2.05, 4.69) is 28.9 Å². The Kier molecular flexibility index (Phi) is 6.22. The van der Waals surface area contributed by atoms with Crippen molar-refractivity contribution < 1.29 is 14.3 Å². The van der Waals surface area contributed by atoms with Crippen LogP contribution in [0.1, 0.15) is 72.4 Å². The monoisotopic (exact) mass is 382 g/mol. The van der Waals surface area contributed by atoms with Crippen molar-refractivity contribution in [3.05, 3.63) is 58.9 Å². The standard InChI is InChI=1S/C23H30N2O3/c1-5-18(19-9-7-6-8-10-19)14-24-22(26)17(4)28-23(27)21-13-15(2)25(16(21)3)20-11-12-20/h6-10,13,17-18,20H,5,11-12,14H2,1-4H3,(H,24,26)/t17-,18+/m0/s1. The van der Waals surface area contributed by atoms with Crippen LogP contribution in [0.5, 0.6) is 0 Å². The summed E-state index contributed by atoms with van der Waals surface area (Å²) in [6.45, 7) is 8.20. The molecule has 1 aromatic carbocycles. The van der Waals surface area contributed by atoms with Gasteiger partial charge in [0.25, 0.3) is 5.91 Å². The van der Waals surface area contributed by atoms with Crippen LogP contribution in [-0.4, -0.2) is 29.1 Å². The molecule has 5 nitrogen and oxygen atoms in total. The van der Waals surface area contributed by atoms with Gasteiger partial charge in [-0.1, -0.05) is 37.3 Å². The first-order chi connectivity index (χ1) is 13.4. The maximum atomic E-state index is 12.6. The van der Waals surface area contributed by atoms with Gasteiger partial charge < -0.3 is 14.6 Å². The van der Waals surface area contributed by atoms with Crippen LogP contribution in [0, 0.1) is 13.8 Å². The van der Waals surface area contributed by atoms with Gasteiger partial charge in [-0.3, -0.25) is 4.79 Å². The lowest BCUT2D eigenvalue weighted by Gasteiger charge is -2.18. The van der Waals surface area contributed by atoms with E-state index >= 15 is 0 Å². The third-order valence-electron chi connectivity index (χ3n) is 5.56. The smallest absolute Gasteiger partial charge is 0.340 e. The van der Waals surface area contributed by atoms with Crippen molar-refractivity contribution in [2.24, 2.45) is 0 Å². The SMILES string of the molecule is CC[C@H](CNC(=O)[C@H](C)OC(=O)c1cc(C)n(C2CC2)c1C)c1ccccc1. The minimum atomic E-state index is -0.829. The van der Waals surface area contributed by atoms with E-state index in [1.54, 1.807) is 6.92 Å². The highest BCUT2D eigenvalue weighted by atomic mass is 16.5. The molecule has 0 radical (unpaired) electrons. The summed E-state index contributed by atoms with van der Waals surface area (Å²) in [5.41, 5.74) is 3.74. The maximum Gasteiger partial charge on any atom is 0.340 e. The largest absolute Gasteiger partial charge is 0.449 e. The lowest BCUT2D eigenvalue weighted by molar-refractivity contribution is -0.129. The molecule has 1 saturated carbocycles. The summed E-state index contributed by atoms with van der Waals surface area (Å²) in [5.74, 6) is -0.456. The van der Waals surface area contributed by atoms with Crippen LogP contribution in [0.2, 0.25) is 0 Å². The number of aryl methyl sites for hydroxylation is 1. The molecule has 1 N–H and O–H groups in total. The first kappa shape index (κ1) is 20.2. The summed E-state index contributed by atoms with van der Waals surface area (Å²) >= 11 is 0. The molecule has 2 aromatic rings. The van der Waals surface area contributed by atoms with Crippen LogP contribution < -0.4 is 5.32 Å². The third-order valence-corrected chi connectivity index (χ3v) is 5.56. The molecule has 0 aliphatic heterocycles. The molecule has 0 unspecified atom stereocenters. The number of esters is 1. The lowest BCUT2D eigenvalue weighted by Crippen LogP contribution is -2.38. The second-order valence-corrected chi connectivity index (χ2v) is 7.69. The number of hydrogen-bond acceptors (Lipinski definition) is 3. The zero-order valence-corrected chi connectivity index (χ0v) is 17.2. The lowest BCUT2D eigenvalue weighted by atomic mass is 9.96. The number of ether oxygens (including phenoxy) is 1. The van der Waals surface area contributed by atoms with Crippen molar-refractivity contribution in [2.45, 2.75) is 65.0 Å². The van der Waals surface area contributed by atoms with E-state index < -0.39 is 12.1 Å². The van der Waals surface area contributed by atoms with Crippen molar-refractivity contribution in [3.63, 3.8) is 0 Å². The second kappa shape index (κ2) is 8.63. The van der Waals surface area contributed by atoms with Crippen LogP contribution in [0.15, 0.2) is 36.4 Å². The van der Waals surface area contributed by atoms with E-state index in [4.69, 9.17) is 4.74 Å². The fourth-order valence-electron chi connectivity index (χ4n) is 3.75. The Bertz CT molecular complexity index is 837. The molecule has 0 saturated heterocycles. The summed E-state index contributed by atoms with van der Waals surface area (Å²) in [6, 6.07) is 12.5. The zero-order chi connectivity index (χ0) is 20.3. The number of carbonyl (C=O) groups is 2. The molecule has 1 aliphatic rings. The molecule has 1 fully saturated rings. The van der Waals surface area contributed by atoms with Gasteiger partial charge in [0.2, 0.25) is 0 Å². The van der Waals surface area contributed by atoms with E-state index in [0.29, 0.717) is 18.2 Å². The number of aromatic nitrogens is 1. The number of amides is 1. The van der Waals surface area contributed by atoms with Gasteiger partial charge in [-0.2, -0.15) is 0 Å². The van der Waals surface area contributed by atoms with Gasteiger partial charge in [0, 0.05) is 29.9 Å². The van der Waals surface area contributed by atoms with Crippen molar-refractivity contribution >= 4 is 11.9 Å². The van der Waals surface area contributed by atoms with E-state index in [-0.39, 0.29) is 11.8 Å². The molecule has 1 aliphatic carbocycles. The van der Waals surface area contributed by atoms with Gasteiger partial charge in [-0.05, 0) is 51.7 Å². The van der Waals surface area contributed by atoms with Crippen molar-refractivity contribution in [1.82, 2.24) is 9.88 Å². The summed E-state index contributed by atoms with van der Waals surface area (Å²) < 4.78 is 7.66. The summed E-state index contributed by atoms with van der Waals surface area (Å²) in [5, 5.41) is 2.93. The fourth-order valence-corrected chi connectivity index (χ4v) is 3.75. The molecule has 1 heterocycles. The second-order valence-electron chi connectivity index (χ2n) is 7.69. The molecule has 5 heteroatoms. The van der Waals surface area contributed by atoms with E-state index in [1.165, 1.54) is 5.56 Å². The number of hydrogen-bond donors (Lipinski definition) is 1. The molecule has 3 rings (SSSR count). The molecular weight excluding hydrogens is 352 g/mol. The van der Waals surface area contributed by atoms with Gasteiger partial charge in [-0.25, -0.2) is 4.79 Å². The number of rotatable bonds is 8. The van der Waals surface area contributed by atoms with Crippen LogP contribution in [0.4, 0.5) is 0 Å². The summed E-state index contributed by atoms with van der Waals surface area (Å²) in [4.78, 5) is 25.0. The first-order valence-electron chi connectivity index (χ1n) is 10.1. The molecular formula is C23H30N2O3. The average Bonchev–Trinajstić information content (AvgIpc) is 3.47. The number of nitrogens with zero attached hydrogens (tertiary/aromatic N) is 1. The Morgan fingerprint density at radius 1 is 1.21 bits per heavy atom. The highest BCUT2D eigenvalue weighted by Gasteiger charge is 2.29. The number of benzene rings is 1. The predicted octanol–water partition coefficient (Wildman–Crippen LogP) is 4.30. The quantitative estimate of drug-likeness (QED) is 0.693.